The van der Waals surface area contributed by atoms with E-state index in [0.717, 1.165) is 30.6 Å². The van der Waals surface area contributed by atoms with Crippen molar-refractivity contribution >= 4 is 0 Å². The van der Waals surface area contributed by atoms with Crippen LogP contribution in [0.25, 0.3) is 0 Å². The lowest BCUT2D eigenvalue weighted by Gasteiger charge is -2.25. The van der Waals surface area contributed by atoms with Gasteiger partial charge in [-0.25, -0.2) is 0 Å². The van der Waals surface area contributed by atoms with Gasteiger partial charge in [-0.15, -0.1) is 0 Å². The van der Waals surface area contributed by atoms with E-state index in [1.54, 1.807) is 0 Å². The third kappa shape index (κ3) is 2.68. The van der Waals surface area contributed by atoms with Gasteiger partial charge in [0, 0.05) is 11.0 Å². The quantitative estimate of drug-likeness (QED) is 0.858. The van der Waals surface area contributed by atoms with E-state index in [0.29, 0.717) is 6.61 Å². The molecule has 2 nitrogen and oxygen atoms in total. The monoisotopic (exact) mass is 282 g/mol. The standard InChI is InChI=1S/C19H22O2/c1-2-14-21-17-11-7-6-10-16(17)18(20)19(12-13-19)15-8-4-3-5-9-15/h3-11,18,20H,2,12-14H2,1H3. The first-order chi connectivity index (χ1) is 10.3. The third-order valence-corrected chi connectivity index (χ3v) is 4.34. The maximum atomic E-state index is 11.0. The molecule has 1 aliphatic rings. The SMILES string of the molecule is CCCOc1ccccc1C(O)C1(c2ccccc2)CC1. The molecule has 21 heavy (non-hydrogen) atoms. The van der Waals surface area contributed by atoms with Crippen molar-refractivity contribution in [1.82, 2.24) is 0 Å². The molecule has 110 valence electrons. The van der Waals surface area contributed by atoms with Gasteiger partial charge < -0.3 is 9.84 Å². The van der Waals surface area contributed by atoms with Crippen LogP contribution in [-0.2, 0) is 5.41 Å². The zero-order valence-corrected chi connectivity index (χ0v) is 12.5. The second-order valence-corrected chi connectivity index (χ2v) is 5.81. The molecule has 2 heteroatoms. The lowest BCUT2D eigenvalue weighted by Crippen LogP contribution is -2.19. The molecular formula is C19H22O2. The van der Waals surface area contributed by atoms with Crippen LogP contribution in [0.5, 0.6) is 5.75 Å². The van der Waals surface area contributed by atoms with Crippen molar-refractivity contribution in [3.05, 3.63) is 65.7 Å². The van der Waals surface area contributed by atoms with Gasteiger partial charge in [-0.1, -0.05) is 55.5 Å². The number of para-hydroxylation sites is 1. The molecule has 3 rings (SSSR count). The smallest absolute Gasteiger partial charge is 0.125 e. The molecule has 1 N–H and O–H groups in total. The fourth-order valence-corrected chi connectivity index (χ4v) is 2.97. The van der Waals surface area contributed by atoms with Crippen molar-refractivity contribution in [3.8, 4) is 5.75 Å². The van der Waals surface area contributed by atoms with E-state index < -0.39 is 6.10 Å². The summed E-state index contributed by atoms with van der Waals surface area (Å²) < 4.78 is 5.81. The van der Waals surface area contributed by atoms with Gasteiger partial charge in [0.2, 0.25) is 0 Å². The Labute approximate surface area is 126 Å². The maximum Gasteiger partial charge on any atom is 0.125 e. The molecule has 2 aromatic rings. The third-order valence-electron chi connectivity index (χ3n) is 4.34. The van der Waals surface area contributed by atoms with Crippen LogP contribution in [0.2, 0.25) is 0 Å². The van der Waals surface area contributed by atoms with E-state index in [1.165, 1.54) is 5.56 Å². The molecule has 0 saturated heterocycles. The first kappa shape index (κ1) is 14.2. The lowest BCUT2D eigenvalue weighted by atomic mass is 9.85. The highest BCUT2D eigenvalue weighted by molar-refractivity contribution is 5.42. The zero-order chi connectivity index (χ0) is 14.7. The predicted molar refractivity (Wildman–Crippen MR) is 84.5 cm³/mol. The van der Waals surface area contributed by atoms with E-state index in [-0.39, 0.29) is 5.41 Å². The minimum atomic E-state index is -0.507. The number of ether oxygens (including phenoxy) is 1. The van der Waals surface area contributed by atoms with E-state index in [9.17, 15) is 5.11 Å². The molecule has 1 atom stereocenters. The van der Waals surface area contributed by atoms with Crippen LogP contribution in [-0.4, -0.2) is 11.7 Å². The molecule has 0 bridgehead atoms. The summed E-state index contributed by atoms with van der Waals surface area (Å²) in [5.41, 5.74) is 2.00. The molecule has 1 unspecified atom stereocenters. The molecule has 1 saturated carbocycles. The molecule has 0 amide bonds. The van der Waals surface area contributed by atoms with Crippen molar-refractivity contribution in [2.75, 3.05) is 6.61 Å². The van der Waals surface area contributed by atoms with E-state index in [4.69, 9.17) is 4.74 Å². The second-order valence-electron chi connectivity index (χ2n) is 5.81. The van der Waals surface area contributed by atoms with Crippen LogP contribution in [0.4, 0.5) is 0 Å². The summed E-state index contributed by atoms with van der Waals surface area (Å²) in [5, 5.41) is 11.0. The van der Waals surface area contributed by atoms with Crippen molar-refractivity contribution < 1.29 is 9.84 Å². The summed E-state index contributed by atoms with van der Waals surface area (Å²) in [6, 6.07) is 18.2. The van der Waals surface area contributed by atoms with Crippen LogP contribution in [0.1, 0.15) is 43.4 Å². The van der Waals surface area contributed by atoms with Crippen LogP contribution in [0, 0.1) is 0 Å². The van der Waals surface area contributed by atoms with Crippen molar-refractivity contribution in [2.45, 2.75) is 37.7 Å². The highest BCUT2D eigenvalue weighted by Crippen LogP contribution is 2.57. The number of benzene rings is 2. The lowest BCUT2D eigenvalue weighted by molar-refractivity contribution is 0.128. The van der Waals surface area contributed by atoms with Gasteiger partial charge in [-0.2, -0.15) is 0 Å². The van der Waals surface area contributed by atoms with Crippen LogP contribution in [0.3, 0.4) is 0 Å². The molecule has 1 fully saturated rings. The zero-order valence-electron chi connectivity index (χ0n) is 12.5. The average molecular weight is 282 g/mol. The summed E-state index contributed by atoms with van der Waals surface area (Å²) in [6.45, 7) is 2.77. The van der Waals surface area contributed by atoms with E-state index in [1.807, 2.05) is 42.5 Å². The normalized spacial score (nSPS) is 17.2. The number of rotatable bonds is 6. The van der Waals surface area contributed by atoms with Gasteiger partial charge in [0.05, 0.1) is 12.7 Å². The first-order valence-corrected chi connectivity index (χ1v) is 7.73. The van der Waals surface area contributed by atoms with Gasteiger partial charge in [-0.3, -0.25) is 0 Å². The first-order valence-electron chi connectivity index (χ1n) is 7.73. The van der Waals surface area contributed by atoms with Crippen molar-refractivity contribution in [2.24, 2.45) is 0 Å². The Morgan fingerprint density at radius 2 is 1.71 bits per heavy atom. The molecule has 0 spiro atoms. The molecule has 0 radical (unpaired) electrons. The summed E-state index contributed by atoms with van der Waals surface area (Å²) in [4.78, 5) is 0. The van der Waals surface area contributed by atoms with Gasteiger partial charge in [0.1, 0.15) is 5.75 Å². The molecule has 1 aliphatic carbocycles. The van der Waals surface area contributed by atoms with Crippen molar-refractivity contribution in [1.29, 1.82) is 0 Å². The fourth-order valence-electron chi connectivity index (χ4n) is 2.97. The Hall–Kier alpha value is -1.80. The summed E-state index contributed by atoms with van der Waals surface area (Å²) in [7, 11) is 0. The van der Waals surface area contributed by atoms with Crippen molar-refractivity contribution in [3.63, 3.8) is 0 Å². The van der Waals surface area contributed by atoms with Crippen LogP contribution >= 0.6 is 0 Å². The Kier molecular flexibility index (Phi) is 3.98. The Balaban J connectivity index is 1.90. The summed E-state index contributed by atoms with van der Waals surface area (Å²) >= 11 is 0. The number of aliphatic hydroxyl groups is 1. The average Bonchev–Trinajstić information content (AvgIpc) is 3.35. The van der Waals surface area contributed by atoms with Gasteiger partial charge in [-0.05, 0) is 30.9 Å². The highest BCUT2D eigenvalue weighted by atomic mass is 16.5. The minimum Gasteiger partial charge on any atom is -0.493 e. The van der Waals surface area contributed by atoms with Gasteiger partial charge >= 0.3 is 0 Å². The molecule has 0 heterocycles. The molecular weight excluding hydrogens is 260 g/mol. The largest absolute Gasteiger partial charge is 0.493 e. The molecule has 0 aromatic heterocycles. The number of hydrogen-bond acceptors (Lipinski definition) is 2. The van der Waals surface area contributed by atoms with Gasteiger partial charge in [0.15, 0.2) is 0 Å². The van der Waals surface area contributed by atoms with Crippen LogP contribution < -0.4 is 4.74 Å². The summed E-state index contributed by atoms with van der Waals surface area (Å²) in [6.07, 6.45) is 2.52. The van der Waals surface area contributed by atoms with E-state index >= 15 is 0 Å². The summed E-state index contributed by atoms with van der Waals surface area (Å²) in [5.74, 6) is 0.814. The topological polar surface area (TPSA) is 29.5 Å². The number of aliphatic hydroxyl groups excluding tert-OH is 1. The Morgan fingerprint density at radius 3 is 2.38 bits per heavy atom. The van der Waals surface area contributed by atoms with Gasteiger partial charge in [0.25, 0.3) is 0 Å². The predicted octanol–water partition coefficient (Wildman–Crippen LogP) is 4.24. The van der Waals surface area contributed by atoms with Crippen LogP contribution in [0.15, 0.2) is 54.6 Å². The number of hydrogen-bond donors (Lipinski definition) is 1. The maximum absolute atomic E-state index is 11.0. The minimum absolute atomic E-state index is 0.132. The fraction of sp³-hybridized carbons (Fsp3) is 0.368. The Bertz CT molecular complexity index is 588. The molecule has 2 aromatic carbocycles. The van der Waals surface area contributed by atoms with E-state index in [2.05, 4.69) is 19.1 Å². The molecule has 0 aliphatic heterocycles. The highest BCUT2D eigenvalue weighted by Gasteiger charge is 2.51. The second kappa shape index (κ2) is 5.90. The Morgan fingerprint density at radius 1 is 1.05 bits per heavy atom.